The van der Waals surface area contributed by atoms with Crippen LogP contribution in [0.2, 0.25) is 0 Å². The fourth-order valence-corrected chi connectivity index (χ4v) is 1.24. The highest BCUT2D eigenvalue weighted by molar-refractivity contribution is 5.39. The Kier molecular flexibility index (Phi) is 7.43. The molecule has 0 aliphatic carbocycles. The summed E-state index contributed by atoms with van der Waals surface area (Å²) in [6.45, 7) is 11.8. The summed E-state index contributed by atoms with van der Waals surface area (Å²) in [4.78, 5) is 0. The van der Waals surface area contributed by atoms with Crippen molar-refractivity contribution in [2.45, 2.75) is 40.2 Å². The van der Waals surface area contributed by atoms with E-state index in [1.54, 1.807) is 0 Å². The van der Waals surface area contributed by atoms with Gasteiger partial charge in [-0.15, -0.1) is 0 Å². The van der Waals surface area contributed by atoms with Crippen molar-refractivity contribution in [3.05, 3.63) is 48.3 Å². The largest absolute Gasteiger partial charge is 0.486 e. The average molecular weight is 206 g/mol. The van der Waals surface area contributed by atoms with E-state index in [0.717, 1.165) is 17.8 Å². The number of hydrogen-bond donors (Lipinski definition) is 0. The van der Waals surface area contributed by atoms with Gasteiger partial charge in [-0.1, -0.05) is 45.6 Å². The maximum atomic E-state index is 5.71. The lowest BCUT2D eigenvalue weighted by molar-refractivity contribution is 0.156. The van der Waals surface area contributed by atoms with Crippen molar-refractivity contribution in [1.82, 2.24) is 0 Å². The predicted octanol–water partition coefficient (Wildman–Crippen LogP) is 4.39. The summed E-state index contributed by atoms with van der Waals surface area (Å²) in [7, 11) is 0. The van der Waals surface area contributed by atoms with Gasteiger partial charge in [0.2, 0.25) is 0 Å². The van der Waals surface area contributed by atoms with E-state index >= 15 is 0 Å². The Balaban J connectivity index is 0.000000921. The average Bonchev–Trinajstić information content (AvgIpc) is 2.32. The molecule has 15 heavy (non-hydrogen) atoms. The van der Waals surface area contributed by atoms with Gasteiger partial charge in [0.1, 0.15) is 11.9 Å². The smallest absolute Gasteiger partial charge is 0.127 e. The minimum atomic E-state index is 0.217. The van der Waals surface area contributed by atoms with Gasteiger partial charge < -0.3 is 4.74 Å². The van der Waals surface area contributed by atoms with Crippen LogP contribution in [0.25, 0.3) is 0 Å². The molecule has 0 fully saturated rings. The summed E-state index contributed by atoms with van der Waals surface area (Å²) in [5, 5.41) is 0. The Hall–Kier alpha value is -1.24. The highest BCUT2D eigenvalue weighted by Crippen LogP contribution is 2.20. The molecule has 0 amide bonds. The van der Waals surface area contributed by atoms with E-state index in [9.17, 15) is 0 Å². The quantitative estimate of drug-likeness (QED) is 0.665. The first-order valence-electron chi connectivity index (χ1n) is 5.66. The van der Waals surface area contributed by atoms with Crippen molar-refractivity contribution < 1.29 is 4.74 Å². The molecule has 1 atom stereocenters. The summed E-state index contributed by atoms with van der Waals surface area (Å²) in [5.41, 5.74) is 1.06. The van der Waals surface area contributed by atoms with Crippen LogP contribution >= 0.6 is 0 Å². The molecule has 1 heterocycles. The van der Waals surface area contributed by atoms with E-state index < -0.39 is 0 Å². The molecule has 0 aromatic rings. The van der Waals surface area contributed by atoms with E-state index in [1.807, 2.05) is 39.0 Å². The van der Waals surface area contributed by atoms with Crippen molar-refractivity contribution in [1.29, 1.82) is 0 Å². The number of ether oxygens (including phenoxy) is 1. The minimum Gasteiger partial charge on any atom is -0.486 e. The number of hydrogen-bond acceptors (Lipinski definition) is 1. The molecule has 0 aromatic carbocycles. The van der Waals surface area contributed by atoms with Crippen molar-refractivity contribution in [2.75, 3.05) is 0 Å². The van der Waals surface area contributed by atoms with Crippen LogP contribution in [0.15, 0.2) is 48.3 Å². The first kappa shape index (κ1) is 13.8. The van der Waals surface area contributed by atoms with Gasteiger partial charge in [0.25, 0.3) is 0 Å². The van der Waals surface area contributed by atoms with Gasteiger partial charge in [-0.3, -0.25) is 0 Å². The maximum absolute atomic E-state index is 5.71. The Morgan fingerprint density at radius 1 is 1.47 bits per heavy atom. The molecule has 1 heteroatoms. The molecule has 1 aliphatic rings. The highest BCUT2D eigenvalue weighted by Gasteiger charge is 2.11. The molecule has 1 nitrogen and oxygen atoms in total. The van der Waals surface area contributed by atoms with Gasteiger partial charge in [0.15, 0.2) is 0 Å². The van der Waals surface area contributed by atoms with E-state index in [1.165, 1.54) is 0 Å². The Labute approximate surface area is 93.8 Å². The summed E-state index contributed by atoms with van der Waals surface area (Å²) in [6.07, 6.45) is 11.1. The summed E-state index contributed by atoms with van der Waals surface area (Å²) in [5.74, 6) is 0.923. The fraction of sp³-hybridized carbons (Fsp3) is 0.429. The molecule has 0 radical (unpaired) electrons. The van der Waals surface area contributed by atoms with E-state index in [0.29, 0.717) is 0 Å². The van der Waals surface area contributed by atoms with E-state index in [4.69, 9.17) is 4.74 Å². The molecule has 0 saturated carbocycles. The lowest BCUT2D eigenvalue weighted by Crippen LogP contribution is -2.11. The Morgan fingerprint density at radius 3 is 2.60 bits per heavy atom. The van der Waals surface area contributed by atoms with Crippen LogP contribution in [0.3, 0.4) is 0 Å². The predicted molar refractivity (Wildman–Crippen MR) is 67.7 cm³/mol. The molecule has 0 saturated heterocycles. The topological polar surface area (TPSA) is 9.23 Å². The van der Waals surface area contributed by atoms with Crippen LogP contribution < -0.4 is 0 Å². The van der Waals surface area contributed by atoms with Gasteiger partial charge >= 0.3 is 0 Å². The van der Waals surface area contributed by atoms with Gasteiger partial charge in [-0.25, -0.2) is 0 Å². The zero-order chi connectivity index (χ0) is 11.7. The highest BCUT2D eigenvalue weighted by atomic mass is 16.5. The number of allylic oxidation sites excluding steroid dienone is 5. The molecule has 1 aliphatic heterocycles. The van der Waals surface area contributed by atoms with Gasteiger partial charge in [-0.2, -0.15) is 0 Å². The van der Waals surface area contributed by atoms with Crippen molar-refractivity contribution in [2.24, 2.45) is 0 Å². The zero-order valence-electron chi connectivity index (χ0n) is 10.3. The third kappa shape index (κ3) is 4.20. The fourth-order valence-electron chi connectivity index (χ4n) is 1.24. The molecular formula is C14H22O. The summed E-state index contributed by atoms with van der Waals surface area (Å²) < 4.78 is 5.71. The van der Waals surface area contributed by atoms with Gasteiger partial charge in [-0.05, 0) is 25.5 Å². The third-order valence-electron chi connectivity index (χ3n) is 1.99. The van der Waals surface area contributed by atoms with E-state index in [-0.39, 0.29) is 6.10 Å². The molecular weight excluding hydrogens is 184 g/mol. The second-order valence-electron chi connectivity index (χ2n) is 2.95. The molecule has 0 spiro atoms. The molecule has 0 bridgehead atoms. The molecule has 1 rings (SSSR count). The number of rotatable bonds is 3. The van der Waals surface area contributed by atoms with Crippen LogP contribution in [-0.2, 0) is 4.74 Å². The van der Waals surface area contributed by atoms with Crippen molar-refractivity contribution in [3.63, 3.8) is 0 Å². The van der Waals surface area contributed by atoms with Crippen LogP contribution in [0.5, 0.6) is 0 Å². The second-order valence-corrected chi connectivity index (χ2v) is 2.95. The SMILES string of the molecule is C=CC1=C(/C=C\C)OC(CC)C=C1.CC. The summed E-state index contributed by atoms with van der Waals surface area (Å²) >= 11 is 0. The monoisotopic (exact) mass is 206 g/mol. The van der Waals surface area contributed by atoms with Crippen LogP contribution in [0, 0.1) is 0 Å². The minimum absolute atomic E-state index is 0.217. The second kappa shape index (κ2) is 8.10. The normalized spacial score (nSPS) is 19.6. The van der Waals surface area contributed by atoms with Crippen LogP contribution in [-0.4, -0.2) is 6.10 Å². The molecule has 1 unspecified atom stereocenters. The maximum Gasteiger partial charge on any atom is 0.127 e. The van der Waals surface area contributed by atoms with Crippen LogP contribution in [0.1, 0.15) is 34.1 Å². The molecule has 0 N–H and O–H groups in total. The first-order chi connectivity index (χ1) is 7.31. The van der Waals surface area contributed by atoms with E-state index in [2.05, 4.69) is 25.7 Å². The van der Waals surface area contributed by atoms with Crippen LogP contribution in [0.4, 0.5) is 0 Å². The van der Waals surface area contributed by atoms with Gasteiger partial charge in [0.05, 0.1) is 0 Å². The zero-order valence-corrected chi connectivity index (χ0v) is 10.3. The third-order valence-corrected chi connectivity index (χ3v) is 1.99. The lowest BCUT2D eigenvalue weighted by atomic mass is 10.1. The standard InChI is InChI=1S/C12H16O.C2H6/c1-4-7-12-10(5-2)8-9-11(6-3)13-12;1-2/h4-5,7-9,11H,2,6H2,1,3H3;1-2H3/b7-4-;. The van der Waals surface area contributed by atoms with Crippen molar-refractivity contribution in [3.8, 4) is 0 Å². The Bertz CT molecular complexity index is 269. The Morgan fingerprint density at radius 2 is 2.13 bits per heavy atom. The molecule has 84 valence electrons. The van der Waals surface area contributed by atoms with Gasteiger partial charge in [0, 0.05) is 5.57 Å². The lowest BCUT2D eigenvalue weighted by Gasteiger charge is -2.20. The summed E-state index contributed by atoms with van der Waals surface area (Å²) in [6, 6.07) is 0. The first-order valence-corrected chi connectivity index (χ1v) is 5.66. The van der Waals surface area contributed by atoms with Crippen molar-refractivity contribution >= 4 is 0 Å². The molecule has 0 aromatic heterocycles.